The Balaban J connectivity index is 1.84. The first-order chi connectivity index (χ1) is 9.22. The first-order valence-electron chi connectivity index (χ1n) is 6.02. The highest BCUT2D eigenvalue weighted by Crippen LogP contribution is 2.18. The molecule has 1 aromatic carbocycles. The SMILES string of the molecule is Cc1csc(NN=Cc2cccc3[nH]c(C)cc23)n1. The summed E-state index contributed by atoms with van der Waals surface area (Å²) in [6.07, 6.45) is 1.83. The fourth-order valence-electron chi connectivity index (χ4n) is 1.99. The molecule has 2 heterocycles. The van der Waals surface area contributed by atoms with Gasteiger partial charge in [-0.15, -0.1) is 11.3 Å². The van der Waals surface area contributed by atoms with Gasteiger partial charge in [-0.05, 0) is 26.0 Å². The van der Waals surface area contributed by atoms with Crippen LogP contribution in [-0.4, -0.2) is 16.2 Å². The van der Waals surface area contributed by atoms with Crippen LogP contribution in [0.15, 0.2) is 34.7 Å². The summed E-state index contributed by atoms with van der Waals surface area (Å²) in [5, 5.41) is 8.23. The quantitative estimate of drug-likeness (QED) is 0.563. The summed E-state index contributed by atoms with van der Waals surface area (Å²) in [5.74, 6) is 0. The van der Waals surface area contributed by atoms with Crippen LogP contribution in [0.4, 0.5) is 5.13 Å². The minimum absolute atomic E-state index is 0.811. The molecule has 0 bridgehead atoms. The van der Waals surface area contributed by atoms with Crippen molar-refractivity contribution in [3.8, 4) is 0 Å². The molecule has 2 aromatic heterocycles. The summed E-state index contributed by atoms with van der Waals surface area (Å²) in [6.45, 7) is 4.02. The van der Waals surface area contributed by atoms with Crippen molar-refractivity contribution in [1.82, 2.24) is 9.97 Å². The van der Waals surface area contributed by atoms with E-state index in [2.05, 4.69) is 39.6 Å². The molecule has 0 spiro atoms. The normalized spacial score (nSPS) is 11.5. The van der Waals surface area contributed by atoms with Crippen LogP contribution in [0.2, 0.25) is 0 Å². The molecule has 4 nitrogen and oxygen atoms in total. The topological polar surface area (TPSA) is 53.1 Å². The van der Waals surface area contributed by atoms with E-state index in [1.54, 1.807) is 11.3 Å². The van der Waals surface area contributed by atoms with E-state index in [-0.39, 0.29) is 0 Å². The van der Waals surface area contributed by atoms with E-state index in [9.17, 15) is 0 Å². The summed E-state index contributed by atoms with van der Waals surface area (Å²) >= 11 is 1.55. The predicted molar refractivity (Wildman–Crippen MR) is 81.1 cm³/mol. The van der Waals surface area contributed by atoms with Crippen molar-refractivity contribution in [3.63, 3.8) is 0 Å². The monoisotopic (exact) mass is 270 g/mol. The molecular weight excluding hydrogens is 256 g/mol. The number of aryl methyl sites for hydroxylation is 2. The zero-order chi connectivity index (χ0) is 13.2. The molecule has 0 saturated carbocycles. The van der Waals surface area contributed by atoms with E-state index in [4.69, 9.17) is 0 Å². The average Bonchev–Trinajstić information content (AvgIpc) is 2.95. The molecule has 96 valence electrons. The summed E-state index contributed by atoms with van der Waals surface area (Å²) in [4.78, 5) is 7.61. The number of benzene rings is 1. The van der Waals surface area contributed by atoms with Crippen LogP contribution in [0, 0.1) is 13.8 Å². The van der Waals surface area contributed by atoms with E-state index >= 15 is 0 Å². The van der Waals surface area contributed by atoms with Gasteiger partial charge in [-0.1, -0.05) is 12.1 Å². The maximum atomic E-state index is 4.30. The van der Waals surface area contributed by atoms with Crippen LogP contribution in [0.25, 0.3) is 10.9 Å². The highest BCUT2D eigenvalue weighted by atomic mass is 32.1. The molecule has 0 aliphatic rings. The van der Waals surface area contributed by atoms with Crippen LogP contribution < -0.4 is 5.43 Å². The number of rotatable bonds is 3. The van der Waals surface area contributed by atoms with Gasteiger partial charge in [0.25, 0.3) is 0 Å². The molecule has 0 radical (unpaired) electrons. The Kier molecular flexibility index (Phi) is 3.05. The maximum absolute atomic E-state index is 4.30. The highest BCUT2D eigenvalue weighted by Gasteiger charge is 2.01. The molecule has 19 heavy (non-hydrogen) atoms. The molecule has 5 heteroatoms. The first kappa shape index (κ1) is 11.9. The Morgan fingerprint density at radius 3 is 3.05 bits per heavy atom. The lowest BCUT2D eigenvalue weighted by Crippen LogP contribution is -1.90. The van der Waals surface area contributed by atoms with Crippen LogP contribution in [0.3, 0.4) is 0 Å². The second kappa shape index (κ2) is 4.85. The van der Waals surface area contributed by atoms with Crippen LogP contribution in [0.5, 0.6) is 0 Å². The molecular formula is C14H14N4S. The van der Waals surface area contributed by atoms with Gasteiger partial charge < -0.3 is 4.98 Å². The molecule has 0 amide bonds. The van der Waals surface area contributed by atoms with Crippen LogP contribution in [0.1, 0.15) is 17.0 Å². The van der Waals surface area contributed by atoms with E-state index in [0.717, 1.165) is 27.6 Å². The number of nitrogens with zero attached hydrogens (tertiary/aromatic N) is 2. The number of hydrazone groups is 1. The van der Waals surface area contributed by atoms with Gasteiger partial charge in [0, 0.05) is 27.5 Å². The molecule has 0 saturated heterocycles. The number of anilines is 1. The Bertz CT molecular complexity index is 739. The van der Waals surface area contributed by atoms with Gasteiger partial charge in [0.2, 0.25) is 5.13 Å². The van der Waals surface area contributed by atoms with Crippen LogP contribution >= 0.6 is 11.3 Å². The number of thiazole rings is 1. The number of hydrogen-bond acceptors (Lipinski definition) is 4. The number of nitrogens with one attached hydrogen (secondary N) is 2. The molecule has 0 aliphatic heterocycles. The molecule has 3 rings (SSSR count). The molecule has 0 unspecified atom stereocenters. The Hall–Kier alpha value is -2.14. The van der Waals surface area contributed by atoms with Crippen molar-refractivity contribution in [2.75, 3.05) is 5.43 Å². The Morgan fingerprint density at radius 1 is 1.37 bits per heavy atom. The summed E-state index contributed by atoms with van der Waals surface area (Å²) in [5.41, 5.74) is 7.33. The molecule has 0 atom stereocenters. The van der Waals surface area contributed by atoms with Gasteiger partial charge in [0.05, 0.1) is 11.9 Å². The van der Waals surface area contributed by atoms with Gasteiger partial charge in [0.1, 0.15) is 0 Å². The maximum Gasteiger partial charge on any atom is 0.203 e. The van der Waals surface area contributed by atoms with Gasteiger partial charge in [-0.3, -0.25) is 5.43 Å². The van der Waals surface area contributed by atoms with Crippen molar-refractivity contribution >= 4 is 33.6 Å². The fourth-order valence-corrected chi connectivity index (χ4v) is 2.63. The third kappa shape index (κ3) is 2.51. The van der Waals surface area contributed by atoms with E-state index in [1.165, 1.54) is 5.39 Å². The van der Waals surface area contributed by atoms with Crippen molar-refractivity contribution in [2.24, 2.45) is 5.10 Å². The Morgan fingerprint density at radius 2 is 2.26 bits per heavy atom. The van der Waals surface area contributed by atoms with Crippen LogP contribution in [-0.2, 0) is 0 Å². The van der Waals surface area contributed by atoms with Gasteiger partial charge in [-0.25, -0.2) is 4.98 Å². The second-order valence-electron chi connectivity index (χ2n) is 4.42. The van der Waals surface area contributed by atoms with Crippen molar-refractivity contribution in [1.29, 1.82) is 0 Å². The highest BCUT2D eigenvalue weighted by molar-refractivity contribution is 7.13. The minimum atomic E-state index is 0.811. The molecule has 0 aliphatic carbocycles. The first-order valence-corrected chi connectivity index (χ1v) is 6.90. The number of hydrogen-bond donors (Lipinski definition) is 2. The molecule has 0 fully saturated rings. The van der Waals surface area contributed by atoms with E-state index in [1.807, 2.05) is 30.7 Å². The predicted octanol–water partition coefficient (Wildman–Crippen LogP) is 3.69. The zero-order valence-corrected chi connectivity index (χ0v) is 11.6. The summed E-state index contributed by atoms with van der Waals surface area (Å²) < 4.78 is 0. The molecule has 2 N–H and O–H groups in total. The van der Waals surface area contributed by atoms with Crippen molar-refractivity contribution in [2.45, 2.75) is 13.8 Å². The number of aromatic nitrogens is 2. The minimum Gasteiger partial charge on any atom is -0.359 e. The second-order valence-corrected chi connectivity index (χ2v) is 5.28. The van der Waals surface area contributed by atoms with Gasteiger partial charge >= 0.3 is 0 Å². The molecule has 3 aromatic rings. The zero-order valence-electron chi connectivity index (χ0n) is 10.8. The average molecular weight is 270 g/mol. The van der Waals surface area contributed by atoms with E-state index < -0.39 is 0 Å². The van der Waals surface area contributed by atoms with Crippen molar-refractivity contribution < 1.29 is 0 Å². The van der Waals surface area contributed by atoms with Crippen molar-refractivity contribution in [3.05, 3.63) is 46.6 Å². The van der Waals surface area contributed by atoms with E-state index in [0.29, 0.717) is 0 Å². The number of aromatic amines is 1. The number of fused-ring (bicyclic) bond motifs is 1. The smallest absolute Gasteiger partial charge is 0.203 e. The fraction of sp³-hybridized carbons (Fsp3) is 0.143. The Labute approximate surface area is 115 Å². The lowest BCUT2D eigenvalue weighted by Gasteiger charge is -1.96. The third-order valence-electron chi connectivity index (χ3n) is 2.82. The largest absolute Gasteiger partial charge is 0.359 e. The van der Waals surface area contributed by atoms with Gasteiger partial charge in [0.15, 0.2) is 0 Å². The number of H-pyrrole nitrogens is 1. The lowest BCUT2D eigenvalue weighted by atomic mass is 10.1. The van der Waals surface area contributed by atoms with Gasteiger partial charge in [-0.2, -0.15) is 5.10 Å². The third-order valence-corrected chi connectivity index (χ3v) is 3.68. The lowest BCUT2D eigenvalue weighted by molar-refractivity contribution is 1.22. The summed E-state index contributed by atoms with van der Waals surface area (Å²) in [6, 6.07) is 8.27. The standard InChI is InChI=1S/C14H14N4S/c1-9-6-12-11(4-3-5-13(12)16-9)7-15-18-14-17-10(2)8-19-14/h3-8,16H,1-2H3,(H,17,18). The summed E-state index contributed by atoms with van der Waals surface area (Å²) in [7, 11) is 0.